The summed E-state index contributed by atoms with van der Waals surface area (Å²) in [4.78, 5) is 37.3. The van der Waals surface area contributed by atoms with E-state index in [1.54, 1.807) is 0 Å². The fourth-order valence-electron chi connectivity index (χ4n) is 6.15. The highest BCUT2D eigenvalue weighted by molar-refractivity contribution is 5.71. The topological polar surface area (TPSA) is 78.9 Å². The van der Waals surface area contributed by atoms with Crippen molar-refractivity contribution in [2.45, 2.75) is 239 Å². The van der Waals surface area contributed by atoms with Crippen LogP contribution in [0, 0.1) is 0 Å². The number of hydrogen-bond acceptors (Lipinski definition) is 6. The van der Waals surface area contributed by atoms with Crippen LogP contribution in [0.15, 0.2) is 0 Å². The van der Waals surface area contributed by atoms with Gasteiger partial charge in [-0.3, -0.25) is 14.4 Å². The monoisotopic (exact) mass is 681 g/mol. The maximum Gasteiger partial charge on any atom is 0.306 e. The van der Waals surface area contributed by atoms with Gasteiger partial charge >= 0.3 is 17.9 Å². The second-order valence-corrected chi connectivity index (χ2v) is 14.3. The van der Waals surface area contributed by atoms with Crippen molar-refractivity contribution in [3.05, 3.63) is 0 Å². The molecular formula is C42H80O6. The molecule has 0 bridgehead atoms. The Morgan fingerprint density at radius 1 is 0.333 bits per heavy atom. The lowest BCUT2D eigenvalue weighted by atomic mass is 10.0. The molecular weight excluding hydrogens is 600 g/mol. The molecule has 0 fully saturated rings. The average Bonchev–Trinajstić information content (AvgIpc) is 3.08. The molecule has 1 atom stereocenters. The summed E-state index contributed by atoms with van der Waals surface area (Å²) in [7, 11) is 0. The molecule has 6 heteroatoms. The van der Waals surface area contributed by atoms with Crippen LogP contribution in [0.2, 0.25) is 0 Å². The zero-order valence-electron chi connectivity index (χ0n) is 32.3. The predicted molar refractivity (Wildman–Crippen MR) is 201 cm³/mol. The lowest BCUT2D eigenvalue weighted by Crippen LogP contribution is -2.30. The van der Waals surface area contributed by atoms with Gasteiger partial charge in [0.25, 0.3) is 0 Å². The SMILES string of the molecule is CCCCCCCCCCCCCCCCCC(=O)OC[C@H](COC(=O)CCCCCCCCCCCC)OC(=O)CCCCCCC. The Morgan fingerprint density at radius 3 is 0.833 bits per heavy atom. The van der Waals surface area contributed by atoms with Crippen LogP contribution in [0.4, 0.5) is 0 Å². The molecule has 0 rings (SSSR count). The molecule has 0 N–H and O–H groups in total. The van der Waals surface area contributed by atoms with Gasteiger partial charge in [-0.2, -0.15) is 0 Å². The highest BCUT2D eigenvalue weighted by atomic mass is 16.6. The molecule has 0 heterocycles. The average molecular weight is 681 g/mol. The first-order valence-electron chi connectivity index (χ1n) is 21.0. The molecule has 0 spiro atoms. The Balaban J connectivity index is 4.15. The van der Waals surface area contributed by atoms with E-state index in [0.717, 1.165) is 64.2 Å². The van der Waals surface area contributed by atoms with Crippen LogP contribution in [0.5, 0.6) is 0 Å². The minimum absolute atomic E-state index is 0.0648. The third-order valence-corrected chi connectivity index (χ3v) is 9.36. The van der Waals surface area contributed by atoms with Gasteiger partial charge in [0, 0.05) is 19.3 Å². The quantitative estimate of drug-likeness (QED) is 0.0367. The first-order valence-corrected chi connectivity index (χ1v) is 21.0. The Labute approximate surface area is 298 Å². The van der Waals surface area contributed by atoms with E-state index in [9.17, 15) is 14.4 Å². The predicted octanol–water partition coefficient (Wildman–Crippen LogP) is 12.9. The number of ether oxygens (including phenoxy) is 3. The second kappa shape index (κ2) is 38.2. The zero-order chi connectivity index (χ0) is 35.2. The van der Waals surface area contributed by atoms with E-state index in [4.69, 9.17) is 14.2 Å². The first-order chi connectivity index (χ1) is 23.5. The van der Waals surface area contributed by atoms with Crippen molar-refractivity contribution in [2.24, 2.45) is 0 Å². The normalized spacial score (nSPS) is 11.8. The van der Waals surface area contributed by atoms with E-state index < -0.39 is 6.10 Å². The van der Waals surface area contributed by atoms with Crippen molar-refractivity contribution in [1.82, 2.24) is 0 Å². The molecule has 0 aliphatic heterocycles. The Hall–Kier alpha value is -1.59. The van der Waals surface area contributed by atoms with Gasteiger partial charge in [0.05, 0.1) is 0 Å². The van der Waals surface area contributed by atoms with Gasteiger partial charge in [-0.05, 0) is 19.3 Å². The largest absolute Gasteiger partial charge is 0.462 e. The highest BCUT2D eigenvalue weighted by Crippen LogP contribution is 2.15. The van der Waals surface area contributed by atoms with Gasteiger partial charge in [0.15, 0.2) is 6.10 Å². The summed E-state index contributed by atoms with van der Waals surface area (Å²) in [5, 5.41) is 0. The van der Waals surface area contributed by atoms with Crippen LogP contribution < -0.4 is 0 Å². The summed E-state index contributed by atoms with van der Waals surface area (Å²) < 4.78 is 16.5. The Bertz CT molecular complexity index is 708. The molecule has 6 nitrogen and oxygen atoms in total. The molecule has 48 heavy (non-hydrogen) atoms. The van der Waals surface area contributed by atoms with Gasteiger partial charge in [0.2, 0.25) is 0 Å². The lowest BCUT2D eigenvalue weighted by molar-refractivity contribution is -0.167. The molecule has 0 amide bonds. The highest BCUT2D eigenvalue weighted by Gasteiger charge is 2.19. The fraction of sp³-hybridized carbons (Fsp3) is 0.929. The number of hydrogen-bond donors (Lipinski definition) is 0. The summed E-state index contributed by atoms with van der Waals surface area (Å²) in [6.07, 6.45) is 36.9. The zero-order valence-corrected chi connectivity index (χ0v) is 32.3. The van der Waals surface area contributed by atoms with Gasteiger partial charge in [-0.15, -0.1) is 0 Å². The standard InChI is InChI=1S/C42H80O6/c1-4-7-10-13-15-17-19-20-21-22-23-25-27-30-32-35-41(44)47-38-39(48-42(45)36-33-28-12-9-6-3)37-46-40(43)34-31-29-26-24-18-16-14-11-8-5-2/h39H,4-38H2,1-3H3/t39-/m0/s1. The maximum absolute atomic E-state index is 12.5. The van der Waals surface area contributed by atoms with E-state index in [2.05, 4.69) is 20.8 Å². The van der Waals surface area contributed by atoms with Crippen molar-refractivity contribution in [3.63, 3.8) is 0 Å². The van der Waals surface area contributed by atoms with Crippen LogP contribution in [-0.2, 0) is 28.6 Å². The Kier molecular flexibility index (Phi) is 36.9. The van der Waals surface area contributed by atoms with Crippen molar-refractivity contribution < 1.29 is 28.6 Å². The molecule has 0 aromatic rings. The third-order valence-electron chi connectivity index (χ3n) is 9.36. The maximum atomic E-state index is 12.5. The van der Waals surface area contributed by atoms with Crippen molar-refractivity contribution in [2.75, 3.05) is 13.2 Å². The minimum Gasteiger partial charge on any atom is -0.462 e. The van der Waals surface area contributed by atoms with Crippen molar-refractivity contribution in [3.8, 4) is 0 Å². The molecule has 0 saturated heterocycles. The molecule has 0 aromatic carbocycles. The summed E-state index contributed by atoms with van der Waals surface area (Å²) in [6, 6.07) is 0. The van der Waals surface area contributed by atoms with Crippen LogP contribution >= 0.6 is 0 Å². The summed E-state index contributed by atoms with van der Waals surface area (Å²) in [5.74, 6) is -0.873. The van der Waals surface area contributed by atoms with Crippen LogP contribution in [0.25, 0.3) is 0 Å². The molecule has 0 saturated carbocycles. The summed E-state index contributed by atoms with van der Waals surface area (Å²) in [5.41, 5.74) is 0. The minimum atomic E-state index is -0.755. The van der Waals surface area contributed by atoms with Crippen LogP contribution in [0.3, 0.4) is 0 Å². The van der Waals surface area contributed by atoms with E-state index >= 15 is 0 Å². The molecule has 0 aromatic heterocycles. The number of carbonyl (C=O) groups excluding carboxylic acids is 3. The summed E-state index contributed by atoms with van der Waals surface area (Å²) in [6.45, 7) is 6.55. The number of unbranched alkanes of at least 4 members (excludes halogenated alkanes) is 27. The molecule has 0 unspecified atom stereocenters. The van der Waals surface area contributed by atoms with E-state index in [0.29, 0.717) is 19.3 Å². The second-order valence-electron chi connectivity index (χ2n) is 14.3. The summed E-state index contributed by atoms with van der Waals surface area (Å²) >= 11 is 0. The molecule has 0 aliphatic carbocycles. The van der Waals surface area contributed by atoms with E-state index in [-0.39, 0.29) is 31.1 Å². The fourth-order valence-corrected chi connectivity index (χ4v) is 6.15. The van der Waals surface area contributed by atoms with Crippen LogP contribution in [0.1, 0.15) is 233 Å². The first kappa shape index (κ1) is 46.4. The number of esters is 3. The molecule has 0 radical (unpaired) electrons. The van der Waals surface area contributed by atoms with Gasteiger partial charge in [-0.25, -0.2) is 0 Å². The van der Waals surface area contributed by atoms with E-state index in [1.165, 1.54) is 128 Å². The van der Waals surface area contributed by atoms with Crippen molar-refractivity contribution in [1.29, 1.82) is 0 Å². The molecule has 0 aliphatic rings. The van der Waals surface area contributed by atoms with Gasteiger partial charge in [-0.1, -0.05) is 194 Å². The number of rotatable bonds is 38. The third kappa shape index (κ3) is 35.7. The number of carbonyl (C=O) groups is 3. The Morgan fingerprint density at radius 2 is 0.562 bits per heavy atom. The van der Waals surface area contributed by atoms with Crippen LogP contribution in [-0.4, -0.2) is 37.2 Å². The smallest absolute Gasteiger partial charge is 0.306 e. The molecule has 284 valence electrons. The van der Waals surface area contributed by atoms with E-state index in [1.807, 2.05) is 0 Å². The lowest BCUT2D eigenvalue weighted by Gasteiger charge is -2.18. The van der Waals surface area contributed by atoms with Crippen molar-refractivity contribution >= 4 is 17.9 Å². The van der Waals surface area contributed by atoms with Gasteiger partial charge in [0.1, 0.15) is 13.2 Å². The van der Waals surface area contributed by atoms with Gasteiger partial charge < -0.3 is 14.2 Å².